The topological polar surface area (TPSA) is 134 Å². The van der Waals surface area contributed by atoms with Crippen LogP contribution in [0.2, 0.25) is 0 Å². The Bertz CT molecular complexity index is 1490. The van der Waals surface area contributed by atoms with Gasteiger partial charge in [0.15, 0.2) is 23.0 Å². The van der Waals surface area contributed by atoms with Crippen molar-refractivity contribution in [1.82, 2.24) is 10.3 Å². The van der Waals surface area contributed by atoms with Crippen molar-refractivity contribution in [3.63, 3.8) is 0 Å². The van der Waals surface area contributed by atoms with Crippen LogP contribution in [0.15, 0.2) is 40.8 Å². The maximum Gasteiger partial charge on any atom is 0.387 e. The number of hydrogen-bond donors (Lipinski definition) is 2. The summed E-state index contributed by atoms with van der Waals surface area (Å²) < 4.78 is 93.8. The Kier molecular flexibility index (Phi) is 8.68. The van der Waals surface area contributed by atoms with Gasteiger partial charge in [-0.05, 0) is 49.9 Å². The molecule has 40 heavy (non-hydrogen) atoms. The van der Waals surface area contributed by atoms with Crippen molar-refractivity contribution in [2.24, 2.45) is 11.7 Å². The Morgan fingerprint density at radius 1 is 1.18 bits per heavy atom. The van der Waals surface area contributed by atoms with Gasteiger partial charge in [0.2, 0.25) is 5.89 Å². The SMILES string of the molecule is C[C@H](N)c1oc(-c2ccc(OC(F)F)c(OCC3CC3)c2)nc1C(=O)N[C@@H](CS(C)(=O)=O)c1ccc(F)cc1F. The van der Waals surface area contributed by atoms with Gasteiger partial charge in [-0.15, -0.1) is 0 Å². The van der Waals surface area contributed by atoms with Crippen LogP contribution in [0.25, 0.3) is 11.5 Å². The summed E-state index contributed by atoms with van der Waals surface area (Å²) in [5, 5.41) is 2.42. The Morgan fingerprint density at radius 3 is 2.50 bits per heavy atom. The van der Waals surface area contributed by atoms with Crippen molar-refractivity contribution >= 4 is 15.7 Å². The van der Waals surface area contributed by atoms with E-state index in [1.165, 1.54) is 25.1 Å². The number of nitrogens with one attached hydrogen (secondary N) is 1. The van der Waals surface area contributed by atoms with Crippen molar-refractivity contribution in [3.05, 3.63) is 65.1 Å². The summed E-state index contributed by atoms with van der Waals surface area (Å²) in [6, 6.07) is 4.29. The minimum atomic E-state index is -3.74. The van der Waals surface area contributed by atoms with Crippen LogP contribution in [0.3, 0.4) is 0 Å². The van der Waals surface area contributed by atoms with Gasteiger partial charge in [0.05, 0.1) is 24.4 Å². The molecule has 0 bridgehead atoms. The van der Waals surface area contributed by atoms with Crippen molar-refractivity contribution in [1.29, 1.82) is 0 Å². The predicted molar refractivity (Wildman–Crippen MR) is 136 cm³/mol. The van der Waals surface area contributed by atoms with Gasteiger partial charge in [-0.1, -0.05) is 6.07 Å². The highest BCUT2D eigenvalue weighted by Crippen LogP contribution is 2.37. The number of hydrogen-bond acceptors (Lipinski definition) is 8. The lowest BCUT2D eigenvalue weighted by Crippen LogP contribution is -2.34. The number of alkyl halides is 2. The van der Waals surface area contributed by atoms with Crippen molar-refractivity contribution < 1.29 is 44.7 Å². The largest absolute Gasteiger partial charge is 0.489 e. The minimum Gasteiger partial charge on any atom is -0.489 e. The highest BCUT2D eigenvalue weighted by atomic mass is 32.2. The zero-order valence-corrected chi connectivity index (χ0v) is 22.3. The minimum absolute atomic E-state index is 0.0243. The number of carbonyl (C=O) groups excluding carboxylic acids is 1. The molecule has 2 atom stereocenters. The van der Waals surface area contributed by atoms with Crippen LogP contribution >= 0.6 is 0 Å². The van der Waals surface area contributed by atoms with Crippen LogP contribution in [-0.2, 0) is 9.84 Å². The maximum absolute atomic E-state index is 14.5. The number of benzene rings is 2. The van der Waals surface area contributed by atoms with Crippen LogP contribution in [0.5, 0.6) is 11.5 Å². The first-order valence-corrected chi connectivity index (χ1v) is 14.3. The van der Waals surface area contributed by atoms with Gasteiger partial charge in [0.1, 0.15) is 21.5 Å². The van der Waals surface area contributed by atoms with E-state index in [2.05, 4.69) is 15.0 Å². The monoisotopic (exact) mass is 585 g/mol. The molecule has 14 heteroatoms. The molecule has 0 saturated heterocycles. The molecular weight excluding hydrogens is 558 g/mol. The number of nitrogens with two attached hydrogens (primary N) is 1. The van der Waals surface area contributed by atoms with E-state index in [0.29, 0.717) is 18.6 Å². The molecule has 1 amide bonds. The lowest BCUT2D eigenvalue weighted by atomic mass is 10.1. The molecule has 1 fully saturated rings. The maximum atomic E-state index is 14.5. The van der Waals surface area contributed by atoms with Crippen molar-refractivity contribution in [2.75, 3.05) is 18.6 Å². The quantitative estimate of drug-likeness (QED) is 0.296. The zero-order chi connectivity index (χ0) is 29.2. The molecule has 0 spiro atoms. The van der Waals surface area contributed by atoms with E-state index in [-0.39, 0.29) is 40.0 Å². The molecule has 1 saturated carbocycles. The van der Waals surface area contributed by atoms with E-state index in [9.17, 15) is 30.8 Å². The first-order valence-electron chi connectivity index (χ1n) is 12.2. The van der Waals surface area contributed by atoms with Gasteiger partial charge in [-0.25, -0.2) is 22.2 Å². The fraction of sp³-hybridized carbons (Fsp3) is 0.385. The second kappa shape index (κ2) is 11.8. The predicted octanol–water partition coefficient (Wildman–Crippen LogP) is 4.55. The van der Waals surface area contributed by atoms with E-state index in [1.807, 2.05) is 0 Å². The first kappa shape index (κ1) is 29.3. The normalized spacial score (nSPS) is 15.1. The molecule has 1 aliphatic rings. The van der Waals surface area contributed by atoms with Gasteiger partial charge in [-0.2, -0.15) is 8.78 Å². The second-order valence-corrected chi connectivity index (χ2v) is 11.8. The highest BCUT2D eigenvalue weighted by molar-refractivity contribution is 7.90. The molecule has 9 nitrogen and oxygen atoms in total. The smallest absolute Gasteiger partial charge is 0.387 e. The van der Waals surface area contributed by atoms with Crippen LogP contribution in [0, 0.1) is 17.6 Å². The highest BCUT2D eigenvalue weighted by Gasteiger charge is 2.29. The Labute approximate surface area is 227 Å². The average molecular weight is 586 g/mol. The van der Waals surface area contributed by atoms with Crippen LogP contribution in [0.4, 0.5) is 17.6 Å². The fourth-order valence-corrected chi connectivity index (χ4v) is 4.76. The molecule has 3 aromatic rings. The second-order valence-electron chi connectivity index (χ2n) is 9.60. The molecule has 3 N–H and O–H groups in total. The molecule has 0 radical (unpaired) electrons. The number of sulfone groups is 1. The number of carbonyl (C=O) groups is 1. The summed E-state index contributed by atoms with van der Waals surface area (Å²) in [5.74, 6) is -3.57. The molecule has 2 aromatic carbocycles. The Morgan fingerprint density at radius 2 is 1.90 bits per heavy atom. The molecule has 0 aliphatic heterocycles. The first-order chi connectivity index (χ1) is 18.8. The summed E-state index contributed by atoms with van der Waals surface area (Å²) in [7, 11) is -3.74. The number of nitrogens with zero attached hydrogens (tertiary/aromatic N) is 1. The number of amides is 1. The lowest BCUT2D eigenvalue weighted by molar-refractivity contribution is -0.0515. The van der Waals surface area contributed by atoms with E-state index in [4.69, 9.17) is 14.9 Å². The fourth-order valence-electron chi connectivity index (χ4n) is 3.89. The summed E-state index contributed by atoms with van der Waals surface area (Å²) in [5.41, 5.74) is 5.68. The molecule has 1 heterocycles. The van der Waals surface area contributed by atoms with Gasteiger partial charge in [-0.3, -0.25) is 4.79 Å². The summed E-state index contributed by atoms with van der Waals surface area (Å²) >= 11 is 0. The van der Waals surface area contributed by atoms with Gasteiger partial charge < -0.3 is 24.9 Å². The number of ether oxygens (including phenoxy) is 2. The third-order valence-electron chi connectivity index (χ3n) is 5.97. The number of oxazole rings is 1. The summed E-state index contributed by atoms with van der Waals surface area (Å²) in [4.78, 5) is 17.5. The standard InChI is InChI=1S/C26H27F4N3O6S/c1-13(31)23-22(24(34)32-19(12-40(2,35)36)17-7-6-16(27)10-18(17)28)33-25(39-23)15-5-8-20(38-26(29)30)21(9-15)37-11-14-3-4-14/h5-10,13-14,19,26H,3-4,11-12,31H2,1-2H3,(H,32,34)/t13-,19-/m0/s1. The molecule has 0 unspecified atom stereocenters. The number of rotatable bonds is 12. The summed E-state index contributed by atoms with van der Waals surface area (Å²) in [6.07, 6.45) is 2.82. The zero-order valence-electron chi connectivity index (χ0n) is 21.5. The van der Waals surface area contributed by atoms with Gasteiger partial charge in [0.25, 0.3) is 5.91 Å². The van der Waals surface area contributed by atoms with E-state index in [1.54, 1.807) is 0 Å². The Balaban J connectivity index is 1.67. The Hall–Kier alpha value is -3.65. The molecular formula is C26H27F4N3O6S. The molecule has 1 aliphatic carbocycles. The molecule has 4 rings (SSSR count). The summed E-state index contributed by atoms with van der Waals surface area (Å²) in [6.45, 7) is -1.27. The van der Waals surface area contributed by atoms with Crippen molar-refractivity contribution in [3.8, 4) is 23.0 Å². The third-order valence-corrected chi connectivity index (χ3v) is 6.91. The van der Waals surface area contributed by atoms with Crippen molar-refractivity contribution in [2.45, 2.75) is 38.5 Å². The average Bonchev–Trinajstić information content (AvgIpc) is 3.56. The van der Waals surface area contributed by atoms with E-state index < -0.39 is 51.8 Å². The lowest BCUT2D eigenvalue weighted by Gasteiger charge is -2.19. The third kappa shape index (κ3) is 7.50. The van der Waals surface area contributed by atoms with Crippen LogP contribution in [-0.4, -0.2) is 44.5 Å². The number of aromatic nitrogens is 1. The van der Waals surface area contributed by atoms with Gasteiger partial charge >= 0.3 is 6.61 Å². The van der Waals surface area contributed by atoms with Crippen LogP contribution < -0.4 is 20.5 Å². The number of halogens is 4. The molecule has 216 valence electrons. The molecule has 1 aromatic heterocycles. The van der Waals surface area contributed by atoms with E-state index in [0.717, 1.165) is 31.2 Å². The van der Waals surface area contributed by atoms with E-state index >= 15 is 0 Å². The van der Waals surface area contributed by atoms with Crippen LogP contribution in [0.1, 0.15) is 53.7 Å². The van der Waals surface area contributed by atoms with Gasteiger partial charge in [0, 0.05) is 23.4 Å².